The van der Waals surface area contributed by atoms with Crippen molar-refractivity contribution in [2.24, 2.45) is 17.6 Å². The van der Waals surface area contributed by atoms with E-state index in [4.69, 9.17) is 10.5 Å². The van der Waals surface area contributed by atoms with E-state index in [1.807, 2.05) is 13.8 Å². The van der Waals surface area contributed by atoms with Crippen LogP contribution >= 0.6 is 35.5 Å². The van der Waals surface area contributed by atoms with Crippen LogP contribution in [0.2, 0.25) is 0 Å². The number of amides is 3. The number of allylic oxidation sites excluding steroid dienone is 1. The van der Waals surface area contributed by atoms with E-state index < -0.39 is 41.5 Å². The summed E-state index contributed by atoms with van der Waals surface area (Å²) in [6.07, 6.45) is 2.80. The Morgan fingerprint density at radius 3 is 2.55 bits per heavy atom. The number of esters is 1. The van der Waals surface area contributed by atoms with Crippen molar-refractivity contribution in [2.45, 2.75) is 84.7 Å². The SMILES string of the molecule is CC(C)C(N)C(=O)SCC/C=C/[C@@H]1CC(=O)NCc2nc(cs2)C(=O)NC(C)(C)C(=O)N[C@@H](C(C)C)C(=O)O1.Cl. The Hall–Kier alpha value is -2.48. The molecule has 2 bridgehead atoms. The minimum atomic E-state index is -1.34. The van der Waals surface area contributed by atoms with Crippen molar-refractivity contribution in [1.29, 1.82) is 0 Å². The number of aromatic nitrogens is 1. The maximum atomic E-state index is 13.1. The van der Waals surface area contributed by atoms with E-state index in [2.05, 4.69) is 20.9 Å². The van der Waals surface area contributed by atoms with Crippen molar-refractivity contribution in [2.75, 3.05) is 5.75 Å². The average Bonchev–Trinajstić information content (AvgIpc) is 3.33. The van der Waals surface area contributed by atoms with Gasteiger partial charge in [-0.05, 0) is 38.2 Å². The second-order valence-corrected chi connectivity index (χ2v) is 12.6. The van der Waals surface area contributed by atoms with Gasteiger partial charge in [0.05, 0.1) is 19.0 Å². The normalized spacial score (nSPS) is 21.3. The standard InChI is InChI=1S/C26H39N5O6S2.ClH/c1-14(2)20(27)24(35)38-10-8-7-9-16-11-18(32)28-12-19-29-17(13-39-19)22(33)31-26(5,6)25(36)30-21(15(3)4)23(34)37-16;/h7,9,13-16,20-21H,8,10-12,27H2,1-6H3,(H,28,32)(H,30,36)(H,31,33);1H/b9-7+;/t16-,20?,21+;/m1./s1. The number of thiazole rings is 1. The lowest BCUT2D eigenvalue weighted by molar-refractivity contribution is -0.153. The van der Waals surface area contributed by atoms with Crippen molar-refractivity contribution in [1.82, 2.24) is 20.9 Å². The predicted molar refractivity (Wildman–Crippen MR) is 158 cm³/mol. The van der Waals surface area contributed by atoms with E-state index in [9.17, 15) is 24.0 Å². The van der Waals surface area contributed by atoms with Crippen molar-refractivity contribution in [3.05, 3.63) is 28.2 Å². The van der Waals surface area contributed by atoms with Gasteiger partial charge in [0.2, 0.25) is 16.9 Å². The first-order chi connectivity index (χ1) is 18.2. The Morgan fingerprint density at radius 1 is 1.25 bits per heavy atom. The number of thioether (sulfide) groups is 1. The third-order valence-corrected chi connectivity index (χ3v) is 7.79. The molecule has 0 saturated carbocycles. The molecule has 2 rings (SSSR count). The van der Waals surface area contributed by atoms with Crippen LogP contribution in [-0.2, 0) is 30.5 Å². The number of halogens is 1. The highest BCUT2D eigenvalue weighted by molar-refractivity contribution is 8.13. The van der Waals surface area contributed by atoms with Crippen molar-refractivity contribution >= 4 is 64.3 Å². The van der Waals surface area contributed by atoms with E-state index >= 15 is 0 Å². The first-order valence-corrected chi connectivity index (χ1v) is 14.7. The zero-order valence-corrected chi connectivity index (χ0v) is 26.1. The second-order valence-electron chi connectivity index (χ2n) is 10.5. The van der Waals surface area contributed by atoms with E-state index in [0.717, 1.165) is 11.8 Å². The number of carbonyl (C=O) groups is 5. The molecule has 0 aliphatic carbocycles. The predicted octanol–water partition coefficient (Wildman–Crippen LogP) is 2.34. The lowest BCUT2D eigenvalue weighted by Gasteiger charge is -2.29. The smallest absolute Gasteiger partial charge is 0.329 e. The lowest BCUT2D eigenvalue weighted by Crippen LogP contribution is -2.59. The number of nitrogens with one attached hydrogen (secondary N) is 3. The first kappa shape index (κ1) is 35.5. The molecule has 11 nitrogen and oxygen atoms in total. The quantitative estimate of drug-likeness (QED) is 0.204. The molecule has 0 saturated heterocycles. The molecule has 1 aliphatic heterocycles. The lowest BCUT2D eigenvalue weighted by atomic mass is 9.99. The molecule has 0 spiro atoms. The number of fused-ring (bicyclic) bond motifs is 2. The van der Waals surface area contributed by atoms with Gasteiger partial charge >= 0.3 is 5.97 Å². The van der Waals surface area contributed by atoms with Crippen LogP contribution in [0.3, 0.4) is 0 Å². The van der Waals surface area contributed by atoms with Crippen LogP contribution in [0.4, 0.5) is 0 Å². The monoisotopic (exact) mass is 617 g/mol. The number of rotatable bonds is 7. The summed E-state index contributed by atoms with van der Waals surface area (Å²) in [5.74, 6) is -2.01. The number of nitrogens with zero attached hydrogens (tertiary/aromatic N) is 1. The Kier molecular flexibility index (Phi) is 14.3. The molecule has 2 heterocycles. The van der Waals surface area contributed by atoms with Gasteiger partial charge in [0.15, 0.2) is 0 Å². The molecule has 0 aromatic carbocycles. The molecule has 40 heavy (non-hydrogen) atoms. The van der Waals surface area contributed by atoms with Crippen LogP contribution in [0.25, 0.3) is 0 Å². The molecule has 5 N–H and O–H groups in total. The van der Waals surface area contributed by atoms with Crippen LogP contribution in [0.15, 0.2) is 17.5 Å². The second kappa shape index (κ2) is 16.1. The van der Waals surface area contributed by atoms with Crippen LogP contribution in [0.5, 0.6) is 0 Å². The minimum absolute atomic E-state index is 0. The number of nitrogens with two attached hydrogens (primary N) is 1. The highest BCUT2D eigenvalue weighted by Gasteiger charge is 2.36. The largest absolute Gasteiger partial charge is 0.456 e. The number of carbonyl (C=O) groups excluding carboxylic acids is 5. The summed E-state index contributed by atoms with van der Waals surface area (Å²) < 4.78 is 5.66. The number of hydrogen-bond donors (Lipinski definition) is 4. The topological polar surface area (TPSA) is 170 Å². The molecule has 1 aromatic heterocycles. The molecule has 224 valence electrons. The van der Waals surface area contributed by atoms with Crippen LogP contribution in [-0.4, -0.2) is 63.3 Å². The molecule has 0 radical (unpaired) electrons. The van der Waals surface area contributed by atoms with Crippen molar-refractivity contribution < 1.29 is 28.7 Å². The summed E-state index contributed by atoms with van der Waals surface area (Å²) in [7, 11) is 0. The average molecular weight is 618 g/mol. The zero-order chi connectivity index (χ0) is 29.3. The molecule has 14 heteroatoms. The molecular formula is C26H40ClN5O6S2. The van der Waals surface area contributed by atoms with Gasteiger partial charge in [0.25, 0.3) is 5.91 Å². The fraction of sp³-hybridized carbons (Fsp3) is 0.615. The fourth-order valence-electron chi connectivity index (χ4n) is 3.36. The number of hydrogen-bond acceptors (Lipinski definition) is 10. The van der Waals surface area contributed by atoms with Gasteiger partial charge in [-0.25, -0.2) is 9.78 Å². The third-order valence-electron chi connectivity index (χ3n) is 5.95. The van der Waals surface area contributed by atoms with Gasteiger partial charge in [-0.2, -0.15) is 0 Å². The van der Waals surface area contributed by atoms with E-state index in [-0.39, 0.29) is 53.9 Å². The van der Waals surface area contributed by atoms with Crippen LogP contribution < -0.4 is 21.7 Å². The van der Waals surface area contributed by atoms with Gasteiger partial charge in [0.1, 0.15) is 28.4 Å². The minimum Gasteiger partial charge on any atom is -0.456 e. The molecule has 1 aromatic rings. The van der Waals surface area contributed by atoms with Gasteiger partial charge in [-0.1, -0.05) is 45.5 Å². The van der Waals surface area contributed by atoms with Crippen molar-refractivity contribution in [3.63, 3.8) is 0 Å². The Balaban J connectivity index is 0.00000800. The molecule has 0 fully saturated rings. The molecule has 3 amide bonds. The Morgan fingerprint density at radius 2 is 1.93 bits per heavy atom. The van der Waals surface area contributed by atoms with E-state index in [1.54, 1.807) is 31.4 Å². The number of cyclic esters (lactones) is 1. The first-order valence-electron chi connectivity index (χ1n) is 12.8. The summed E-state index contributed by atoms with van der Waals surface area (Å²) in [6.45, 7) is 10.4. The Bertz CT molecular complexity index is 1090. The van der Waals surface area contributed by atoms with Gasteiger partial charge in [-0.3, -0.25) is 19.2 Å². The molecule has 1 unspecified atom stereocenters. The highest BCUT2D eigenvalue weighted by Crippen LogP contribution is 2.16. The summed E-state index contributed by atoms with van der Waals surface area (Å²) in [5.41, 5.74) is 4.67. The highest BCUT2D eigenvalue weighted by atomic mass is 35.5. The maximum absolute atomic E-state index is 13.1. The van der Waals surface area contributed by atoms with Crippen LogP contribution in [0.1, 0.15) is 69.9 Å². The molecular weight excluding hydrogens is 578 g/mol. The van der Waals surface area contributed by atoms with E-state index in [1.165, 1.54) is 25.2 Å². The molecule has 3 atom stereocenters. The summed E-state index contributed by atoms with van der Waals surface area (Å²) in [6, 6.07) is -1.55. The van der Waals surface area contributed by atoms with Gasteiger partial charge in [-0.15, -0.1) is 23.7 Å². The molecule has 1 aliphatic rings. The van der Waals surface area contributed by atoms with Crippen LogP contribution in [0, 0.1) is 11.8 Å². The maximum Gasteiger partial charge on any atom is 0.329 e. The number of ether oxygens (including phenoxy) is 1. The zero-order valence-electron chi connectivity index (χ0n) is 23.6. The van der Waals surface area contributed by atoms with Crippen molar-refractivity contribution in [3.8, 4) is 0 Å². The van der Waals surface area contributed by atoms with E-state index in [0.29, 0.717) is 17.2 Å². The summed E-state index contributed by atoms with van der Waals surface area (Å²) in [5, 5.41) is 10.0. The fourth-order valence-corrected chi connectivity index (χ4v) is 5.00. The Labute approximate surface area is 249 Å². The third kappa shape index (κ3) is 10.8. The van der Waals surface area contributed by atoms with Gasteiger partial charge < -0.3 is 26.4 Å². The summed E-state index contributed by atoms with van der Waals surface area (Å²) in [4.78, 5) is 67.9. The van der Waals surface area contributed by atoms with Gasteiger partial charge in [0, 0.05) is 11.1 Å². The summed E-state index contributed by atoms with van der Waals surface area (Å²) >= 11 is 2.34.